The number of halogens is 4. The molecule has 5 nitrogen and oxygen atoms in total. The van der Waals surface area contributed by atoms with Gasteiger partial charge in [-0.2, -0.15) is 13.2 Å². The monoisotopic (exact) mass is 385 g/mol. The minimum atomic E-state index is -4.49. The van der Waals surface area contributed by atoms with Crippen LogP contribution in [0.3, 0.4) is 0 Å². The highest BCUT2D eigenvalue weighted by atomic mass is 35.5. The Hall–Kier alpha value is -1.06. The zero-order valence-corrected chi connectivity index (χ0v) is 14.7. The standard InChI is InChI=1S/C14H19ClF3N3O2S/c1-2-7-24(22,23)20-11-3-5-21(6-4-11)13-12(15)8-10(9-19-13)14(16,17)18/h8-9,11,20H,2-7H2,1H3. The molecule has 1 aliphatic heterocycles. The number of alkyl halides is 3. The number of nitrogens with one attached hydrogen (secondary N) is 1. The van der Waals surface area contributed by atoms with Crippen LogP contribution in [0, 0.1) is 0 Å². The number of anilines is 1. The lowest BCUT2D eigenvalue weighted by Gasteiger charge is -2.33. The van der Waals surface area contributed by atoms with E-state index in [9.17, 15) is 21.6 Å². The van der Waals surface area contributed by atoms with Crippen molar-refractivity contribution < 1.29 is 21.6 Å². The second-order valence-electron chi connectivity index (χ2n) is 5.73. The molecular formula is C14H19ClF3N3O2S. The van der Waals surface area contributed by atoms with Gasteiger partial charge in [-0.3, -0.25) is 0 Å². The van der Waals surface area contributed by atoms with Crippen molar-refractivity contribution in [3.05, 3.63) is 22.8 Å². The molecule has 136 valence electrons. The molecule has 1 aromatic heterocycles. The van der Waals surface area contributed by atoms with E-state index in [4.69, 9.17) is 11.6 Å². The molecule has 0 amide bonds. The van der Waals surface area contributed by atoms with Crippen molar-refractivity contribution in [2.24, 2.45) is 0 Å². The molecule has 1 aliphatic rings. The Morgan fingerprint density at radius 1 is 1.38 bits per heavy atom. The molecule has 0 saturated carbocycles. The number of piperidine rings is 1. The summed E-state index contributed by atoms with van der Waals surface area (Å²) in [7, 11) is -3.28. The van der Waals surface area contributed by atoms with Gasteiger partial charge < -0.3 is 4.90 Å². The lowest BCUT2D eigenvalue weighted by molar-refractivity contribution is -0.137. The van der Waals surface area contributed by atoms with Crippen LogP contribution in [0.1, 0.15) is 31.7 Å². The second-order valence-corrected chi connectivity index (χ2v) is 8.01. The summed E-state index contributed by atoms with van der Waals surface area (Å²) in [5.41, 5.74) is -0.890. The molecule has 10 heteroatoms. The number of hydrogen-bond acceptors (Lipinski definition) is 4. The maximum Gasteiger partial charge on any atom is 0.417 e. The van der Waals surface area contributed by atoms with Gasteiger partial charge >= 0.3 is 6.18 Å². The molecule has 0 aliphatic carbocycles. The van der Waals surface area contributed by atoms with Crippen LogP contribution in [0.25, 0.3) is 0 Å². The van der Waals surface area contributed by atoms with Crippen LogP contribution in [-0.2, 0) is 16.2 Å². The highest BCUT2D eigenvalue weighted by Gasteiger charge is 2.32. The van der Waals surface area contributed by atoms with E-state index in [-0.39, 0.29) is 16.8 Å². The van der Waals surface area contributed by atoms with E-state index in [0.717, 1.165) is 12.3 Å². The van der Waals surface area contributed by atoms with Gasteiger partial charge in [-0.05, 0) is 25.3 Å². The van der Waals surface area contributed by atoms with Crippen LogP contribution in [0.4, 0.5) is 19.0 Å². The first kappa shape index (κ1) is 19.3. The molecular weight excluding hydrogens is 367 g/mol. The van der Waals surface area contributed by atoms with Crippen molar-refractivity contribution in [1.29, 1.82) is 0 Å². The number of hydrogen-bond donors (Lipinski definition) is 1. The zero-order valence-electron chi connectivity index (χ0n) is 13.1. The maximum atomic E-state index is 12.6. The van der Waals surface area contributed by atoms with Gasteiger partial charge in [0, 0.05) is 25.3 Å². The highest BCUT2D eigenvalue weighted by molar-refractivity contribution is 7.89. The van der Waals surface area contributed by atoms with Gasteiger partial charge in [-0.1, -0.05) is 18.5 Å². The normalized spacial score (nSPS) is 17.3. The van der Waals surface area contributed by atoms with Crippen molar-refractivity contribution in [1.82, 2.24) is 9.71 Å². The Balaban J connectivity index is 2.00. The Morgan fingerprint density at radius 2 is 2.00 bits per heavy atom. The minimum absolute atomic E-state index is 0.0603. The topological polar surface area (TPSA) is 62.3 Å². The molecule has 0 aromatic carbocycles. The molecule has 1 N–H and O–H groups in total. The number of nitrogens with zero attached hydrogens (tertiary/aromatic N) is 2. The predicted molar refractivity (Wildman–Crippen MR) is 86.7 cm³/mol. The van der Waals surface area contributed by atoms with Crippen LogP contribution < -0.4 is 9.62 Å². The predicted octanol–water partition coefficient (Wildman–Crippen LogP) is 3.05. The van der Waals surface area contributed by atoms with E-state index in [1.807, 2.05) is 0 Å². The van der Waals surface area contributed by atoms with E-state index in [1.165, 1.54) is 0 Å². The molecule has 2 rings (SSSR count). The molecule has 0 atom stereocenters. The number of pyridine rings is 1. The molecule has 24 heavy (non-hydrogen) atoms. The van der Waals surface area contributed by atoms with Crippen molar-refractivity contribution in [3.8, 4) is 0 Å². The van der Waals surface area contributed by atoms with Gasteiger partial charge in [0.25, 0.3) is 0 Å². The van der Waals surface area contributed by atoms with Crippen molar-refractivity contribution in [2.45, 2.75) is 38.4 Å². The van der Waals surface area contributed by atoms with Crippen LogP contribution >= 0.6 is 11.6 Å². The summed E-state index contributed by atoms with van der Waals surface area (Å²) < 4.78 is 64.1. The fraction of sp³-hybridized carbons (Fsp3) is 0.643. The smallest absolute Gasteiger partial charge is 0.355 e. The zero-order chi connectivity index (χ0) is 18.0. The molecule has 1 saturated heterocycles. The number of aromatic nitrogens is 1. The number of rotatable bonds is 5. The van der Waals surface area contributed by atoms with Crippen LogP contribution in [-0.4, -0.2) is 38.3 Å². The Labute approximate surface area is 144 Å². The van der Waals surface area contributed by atoms with Gasteiger partial charge in [-0.25, -0.2) is 18.1 Å². The summed E-state index contributed by atoms with van der Waals surface area (Å²) in [6.45, 7) is 2.73. The Bertz CT molecular complexity index is 674. The van der Waals surface area contributed by atoms with Crippen molar-refractivity contribution >= 4 is 27.4 Å². The van der Waals surface area contributed by atoms with Crippen LogP contribution in [0.5, 0.6) is 0 Å². The van der Waals surface area contributed by atoms with Gasteiger partial charge in [-0.15, -0.1) is 0 Å². The third-order valence-corrected chi connectivity index (χ3v) is 5.68. The quantitative estimate of drug-likeness (QED) is 0.846. The fourth-order valence-electron chi connectivity index (χ4n) is 2.61. The molecule has 1 fully saturated rings. The average molecular weight is 386 g/mol. The first-order valence-corrected chi connectivity index (χ1v) is 9.63. The van der Waals surface area contributed by atoms with Gasteiger partial charge in [0.1, 0.15) is 5.82 Å². The molecule has 2 heterocycles. The third kappa shape index (κ3) is 4.97. The van der Waals surface area contributed by atoms with E-state index < -0.39 is 21.8 Å². The largest absolute Gasteiger partial charge is 0.417 e. The van der Waals surface area contributed by atoms with Gasteiger partial charge in [0.05, 0.1) is 16.3 Å². The van der Waals surface area contributed by atoms with Gasteiger partial charge in [0.2, 0.25) is 10.0 Å². The van der Waals surface area contributed by atoms with Gasteiger partial charge in [0.15, 0.2) is 0 Å². The van der Waals surface area contributed by atoms with Crippen molar-refractivity contribution in [3.63, 3.8) is 0 Å². The van der Waals surface area contributed by atoms with Crippen LogP contribution in [0.2, 0.25) is 5.02 Å². The SMILES string of the molecule is CCCS(=O)(=O)NC1CCN(c2ncc(C(F)(F)F)cc2Cl)CC1. The summed E-state index contributed by atoms with van der Waals surface area (Å²) in [6.07, 6.45) is -2.10. The molecule has 0 bridgehead atoms. The minimum Gasteiger partial charge on any atom is -0.355 e. The first-order valence-electron chi connectivity index (χ1n) is 7.60. The summed E-state index contributed by atoms with van der Waals surface area (Å²) in [5, 5.41) is -0.0603. The highest BCUT2D eigenvalue weighted by Crippen LogP contribution is 2.34. The fourth-order valence-corrected chi connectivity index (χ4v) is 4.29. The molecule has 0 radical (unpaired) electrons. The van der Waals surface area contributed by atoms with Crippen LogP contribution in [0.15, 0.2) is 12.3 Å². The van der Waals surface area contributed by atoms with E-state index in [0.29, 0.717) is 38.2 Å². The van der Waals surface area contributed by atoms with E-state index in [2.05, 4.69) is 9.71 Å². The number of sulfonamides is 1. The summed E-state index contributed by atoms with van der Waals surface area (Å²) in [4.78, 5) is 5.60. The summed E-state index contributed by atoms with van der Waals surface area (Å²) in [5.74, 6) is 0.374. The third-order valence-electron chi connectivity index (χ3n) is 3.76. The summed E-state index contributed by atoms with van der Waals surface area (Å²) in [6, 6.07) is 0.686. The van der Waals surface area contributed by atoms with E-state index in [1.54, 1.807) is 11.8 Å². The Morgan fingerprint density at radius 3 is 2.50 bits per heavy atom. The summed E-state index contributed by atoms with van der Waals surface area (Å²) >= 11 is 5.94. The average Bonchev–Trinajstić information content (AvgIpc) is 2.46. The molecule has 0 spiro atoms. The second kappa shape index (κ2) is 7.45. The lowest BCUT2D eigenvalue weighted by Crippen LogP contribution is -2.45. The van der Waals surface area contributed by atoms with Crippen molar-refractivity contribution in [2.75, 3.05) is 23.7 Å². The lowest BCUT2D eigenvalue weighted by atomic mass is 10.1. The molecule has 0 unspecified atom stereocenters. The molecule has 1 aromatic rings. The maximum absolute atomic E-state index is 12.6. The Kier molecular flexibility index (Phi) is 5.98. The van der Waals surface area contributed by atoms with E-state index >= 15 is 0 Å². The first-order chi connectivity index (χ1) is 11.1.